The number of aliphatic hydroxyl groups excluding tert-OH is 2. The minimum atomic E-state index is -1.19. The van der Waals surface area contributed by atoms with E-state index in [2.05, 4.69) is 0 Å². The highest BCUT2D eigenvalue weighted by Crippen LogP contribution is 2.68. The molecule has 2 saturated heterocycles. The average molecular weight is 362 g/mol. The molecule has 140 valence electrons. The van der Waals surface area contributed by atoms with E-state index in [9.17, 15) is 19.8 Å². The van der Waals surface area contributed by atoms with Crippen LogP contribution in [0.1, 0.15) is 56.6 Å². The second kappa shape index (κ2) is 4.58. The summed E-state index contributed by atoms with van der Waals surface area (Å²) in [5.74, 6) is -0.739. The topological polar surface area (TPSA) is 110 Å². The maximum absolute atomic E-state index is 12.7. The lowest BCUT2D eigenvalue weighted by Gasteiger charge is -2.51. The molecule has 1 saturated carbocycles. The highest BCUT2D eigenvalue weighted by Gasteiger charge is 2.79. The van der Waals surface area contributed by atoms with Gasteiger partial charge in [0.15, 0.2) is 0 Å². The predicted molar refractivity (Wildman–Crippen MR) is 87.5 cm³/mol. The number of carbonyl (C=O) groups excluding carboxylic acids is 1. The number of carbonyl (C=O) groups is 1. The Labute approximate surface area is 149 Å². The minimum Gasteiger partial charge on any atom is -0.458 e. The van der Waals surface area contributed by atoms with Crippen molar-refractivity contribution < 1.29 is 28.9 Å². The number of aliphatic hydroxyl groups is 2. The van der Waals surface area contributed by atoms with Crippen LogP contribution in [0.2, 0.25) is 0 Å². The number of rotatable bonds is 1. The Morgan fingerprint density at radius 1 is 1.12 bits per heavy atom. The third-order valence-corrected chi connectivity index (χ3v) is 7.09. The van der Waals surface area contributed by atoms with Crippen molar-refractivity contribution in [2.45, 2.75) is 69.5 Å². The second-order valence-corrected chi connectivity index (χ2v) is 8.74. The van der Waals surface area contributed by atoms with Gasteiger partial charge in [0.1, 0.15) is 29.5 Å². The molecular weight excluding hydrogens is 340 g/mol. The fourth-order valence-corrected chi connectivity index (χ4v) is 5.85. The largest absolute Gasteiger partial charge is 0.458 e. The maximum Gasteiger partial charge on any atom is 0.336 e. The van der Waals surface area contributed by atoms with Crippen molar-refractivity contribution in [1.29, 1.82) is 0 Å². The van der Waals surface area contributed by atoms with Crippen LogP contribution in [0.3, 0.4) is 0 Å². The molecule has 8 atom stereocenters. The number of epoxide rings is 1. The molecule has 5 unspecified atom stereocenters. The molecule has 2 aliphatic carbocycles. The van der Waals surface area contributed by atoms with Crippen LogP contribution in [-0.4, -0.2) is 40.6 Å². The predicted octanol–water partition coefficient (Wildman–Crippen LogP) is 0.758. The van der Waals surface area contributed by atoms with E-state index in [4.69, 9.17) is 13.9 Å². The SMILES string of the molecule is CC(C)c1oc(=O)cc2c1C(O)C1OC(=O)[C@@]3(C)C(O)C4OC4[C@@]2(C)[C@@H]13. The van der Waals surface area contributed by atoms with Gasteiger partial charge in [-0.05, 0) is 12.5 Å². The summed E-state index contributed by atoms with van der Waals surface area (Å²) < 4.78 is 16.8. The van der Waals surface area contributed by atoms with E-state index in [1.165, 1.54) is 6.07 Å². The summed E-state index contributed by atoms with van der Waals surface area (Å²) in [5, 5.41) is 21.8. The summed E-state index contributed by atoms with van der Waals surface area (Å²) in [6, 6.07) is 1.40. The molecule has 7 heteroatoms. The summed E-state index contributed by atoms with van der Waals surface area (Å²) in [4.78, 5) is 25.0. The zero-order valence-corrected chi connectivity index (χ0v) is 15.1. The average Bonchev–Trinajstić information content (AvgIpc) is 3.33. The normalized spacial score (nSPS) is 47.9. The number of fused-ring (bicyclic) bond motifs is 4. The van der Waals surface area contributed by atoms with E-state index in [1.807, 2.05) is 20.8 Å². The van der Waals surface area contributed by atoms with Crippen LogP contribution in [0.5, 0.6) is 0 Å². The molecule has 0 radical (unpaired) electrons. The monoisotopic (exact) mass is 362 g/mol. The van der Waals surface area contributed by atoms with Crippen LogP contribution in [-0.2, 0) is 19.7 Å². The molecule has 3 fully saturated rings. The molecule has 4 aliphatic rings. The molecule has 0 bridgehead atoms. The van der Waals surface area contributed by atoms with Crippen LogP contribution in [0.4, 0.5) is 0 Å². The van der Waals surface area contributed by atoms with Crippen molar-refractivity contribution in [3.63, 3.8) is 0 Å². The Kier molecular flexibility index (Phi) is 2.90. The third kappa shape index (κ3) is 1.57. The Balaban J connectivity index is 1.85. The van der Waals surface area contributed by atoms with Crippen molar-refractivity contribution in [1.82, 2.24) is 0 Å². The summed E-state index contributed by atoms with van der Waals surface area (Å²) in [7, 11) is 0. The number of ether oxygens (including phenoxy) is 2. The zero-order chi connectivity index (χ0) is 18.8. The molecule has 26 heavy (non-hydrogen) atoms. The van der Waals surface area contributed by atoms with E-state index in [0.29, 0.717) is 16.9 Å². The number of hydrogen-bond donors (Lipinski definition) is 2. The van der Waals surface area contributed by atoms with E-state index in [0.717, 1.165) is 0 Å². The maximum atomic E-state index is 12.7. The van der Waals surface area contributed by atoms with Crippen molar-refractivity contribution in [2.24, 2.45) is 11.3 Å². The molecule has 7 nitrogen and oxygen atoms in total. The van der Waals surface area contributed by atoms with Gasteiger partial charge >= 0.3 is 11.6 Å². The van der Waals surface area contributed by atoms with Gasteiger partial charge in [0.05, 0.1) is 12.2 Å². The van der Waals surface area contributed by atoms with Gasteiger partial charge in [-0.1, -0.05) is 20.8 Å². The van der Waals surface area contributed by atoms with Gasteiger partial charge in [0, 0.05) is 28.9 Å². The van der Waals surface area contributed by atoms with Crippen molar-refractivity contribution in [3.8, 4) is 0 Å². The van der Waals surface area contributed by atoms with E-state index < -0.39 is 52.8 Å². The molecule has 0 amide bonds. The van der Waals surface area contributed by atoms with Crippen LogP contribution in [0.25, 0.3) is 0 Å². The first-order valence-electron chi connectivity index (χ1n) is 9.04. The Morgan fingerprint density at radius 3 is 2.46 bits per heavy atom. The van der Waals surface area contributed by atoms with Gasteiger partial charge in [0.2, 0.25) is 0 Å². The fourth-order valence-electron chi connectivity index (χ4n) is 5.85. The van der Waals surface area contributed by atoms with Gasteiger partial charge in [-0.3, -0.25) is 4.79 Å². The van der Waals surface area contributed by atoms with Crippen LogP contribution < -0.4 is 5.63 Å². The molecule has 3 heterocycles. The standard InChI is InChI=1S/C19H22O7/c1-6(2)11-9-7(5-8(20)24-11)18(3)14-12(10(9)21)26-17(23)19(14,4)15(22)13-16(18)25-13/h5-6,10,12-16,21-22H,1-4H3/t10?,12?,13?,14-,15?,16?,18-,19-/m1/s1. The van der Waals surface area contributed by atoms with Crippen molar-refractivity contribution in [2.75, 3.05) is 0 Å². The van der Waals surface area contributed by atoms with Crippen molar-refractivity contribution in [3.05, 3.63) is 33.4 Å². The van der Waals surface area contributed by atoms with Crippen LogP contribution in [0.15, 0.2) is 15.3 Å². The smallest absolute Gasteiger partial charge is 0.336 e. The van der Waals surface area contributed by atoms with Gasteiger partial charge in [-0.15, -0.1) is 0 Å². The Morgan fingerprint density at radius 2 is 1.81 bits per heavy atom. The van der Waals surface area contributed by atoms with Crippen LogP contribution in [0, 0.1) is 11.3 Å². The molecular formula is C19H22O7. The summed E-state index contributed by atoms with van der Waals surface area (Å²) in [5.41, 5.74) is -1.25. The third-order valence-electron chi connectivity index (χ3n) is 7.09. The first kappa shape index (κ1) is 16.5. The second-order valence-electron chi connectivity index (χ2n) is 8.74. The van der Waals surface area contributed by atoms with Crippen molar-refractivity contribution >= 4 is 5.97 Å². The van der Waals surface area contributed by atoms with E-state index >= 15 is 0 Å². The van der Waals surface area contributed by atoms with Gasteiger partial charge in [0.25, 0.3) is 0 Å². The van der Waals surface area contributed by atoms with E-state index in [-0.39, 0.29) is 12.0 Å². The van der Waals surface area contributed by atoms with Gasteiger partial charge < -0.3 is 24.1 Å². The highest BCUT2D eigenvalue weighted by molar-refractivity contribution is 5.82. The lowest BCUT2D eigenvalue weighted by molar-refractivity contribution is -0.156. The molecule has 5 rings (SSSR count). The molecule has 2 aliphatic heterocycles. The summed E-state index contributed by atoms with van der Waals surface area (Å²) in [6.07, 6.45) is -3.74. The van der Waals surface area contributed by atoms with Gasteiger partial charge in [-0.2, -0.15) is 0 Å². The Bertz CT molecular complexity index is 888. The summed E-state index contributed by atoms with van der Waals surface area (Å²) in [6.45, 7) is 7.38. The molecule has 1 aromatic rings. The quantitative estimate of drug-likeness (QED) is 0.560. The molecule has 0 spiro atoms. The molecule has 0 aromatic carbocycles. The number of esters is 1. The summed E-state index contributed by atoms with van der Waals surface area (Å²) >= 11 is 0. The van der Waals surface area contributed by atoms with Gasteiger partial charge in [-0.25, -0.2) is 4.79 Å². The van der Waals surface area contributed by atoms with Crippen LogP contribution >= 0.6 is 0 Å². The minimum absolute atomic E-state index is 0.124. The first-order chi connectivity index (χ1) is 12.1. The number of hydrogen-bond acceptors (Lipinski definition) is 7. The first-order valence-corrected chi connectivity index (χ1v) is 9.04. The highest BCUT2D eigenvalue weighted by atomic mass is 16.6. The molecule has 1 aromatic heterocycles. The fraction of sp³-hybridized carbons (Fsp3) is 0.684. The lowest BCUT2D eigenvalue weighted by atomic mass is 9.48. The Hall–Kier alpha value is -1.70. The van der Waals surface area contributed by atoms with E-state index in [1.54, 1.807) is 6.92 Å². The lowest BCUT2D eigenvalue weighted by Crippen LogP contribution is -2.62. The zero-order valence-electron chi connectivity index (χ0n) is 15.1. The molecule has 2 N–H and O–H groups in total.